The number of rotatable bonds is 9. The first-order valence-corrected chi connectivity index (χ1v) is 10.1. The van der Waals surface area contributed by atoms with Crippen molar-refractivity contribution in [2.75, 3.05) is 6.61 Å². The summed E-state index contributed by atoms with van der Waals surface area (Å²) in [5.41, 5.74) is 1.41. The summed E-state index contributed by atoms with van der Waals surface area (Å²) >= 11 is 11.7. The SMILES string of the molecule is O=C(CCCOc1ccc(Cl)cc1Cl)NNS(=O)(=O)c1ccccc1[N+](=O)[O-]. The van der Waals surface area contributed by atoms with Crippen molar-refractivity contribution in [1.82, 2.24) is 10.3 Å². The third-order valence-corrected chi connectivity index (χ3v) is 5.20. The van der Waals surface area contributed by atoms with Crippen LogP contribution in [0.25, 0.3) is 0 Å². The smallest absolute Gasteiger partial charge is 0.289 e. The number of nitro benzene ring substituents is 1. The minimum atomic E-state index is -4.30. The van der Waals surface area contributed by atoms with Crippen LogP contribution in [-0.2, 0) is 14.8 Å². The Balaban J connectivity index is 1.83. The summed E-state index contributed by atoms with van der Waals surface area (Å²) in [6.07, 6.45) is 0.225. The molecule has 0 unspecified atom stereocenters. The van der Waals surface area contributed by atoms with E-state index in [1.807, 2.05) is 10.3 Å². The molecule has 0 atom stereocenters. The highest BCUT2D eigenvalue weighted by atomic mass is 35.5. The van der Waals surface area contributed by atoms with Crippen molar-refractivity contribution < 1.29 is 22.9 Å². The predicted octanol–water partition coefficient (Wildman–Crippen LogP) is 3.07. The molecule has 0 aromatic heterocycles. The molecule has 12 heteroatoms. The molecule has 2 aromatic rings. The Bertz CT molecular complexity index is 984. The second-order valence-corrected chi connectivity index (χ2v) is 7.90. The van der Waals surface area contributed by atoms with Gasteiger partial charge in [-0.3, -0.25) is 20.3 Å². The average Bonchev–Trinajstić information content (AvgIpc) is 2.65. The molecule has 2 N–H and O–H groups in total. The van der Waals surface area contributed by atoms with Crippen LogP contribution in [0.5, 0.6) is 5.75 Å². The molecule has 0 fully saturated rings. The topological polar surface area (TPSA) is 128 Å². The Morgan fingerprint density at radius 1 is 1.18 bits per heavy atom. The van der Waals surface area contributed by atoms with Gasteiger partial charge in [0, 0.05) is 17.5 Å². The highest BCUT2D eigenvalue weighted by molar-refractivity contribution is 7.89. The zero-order chi connectivity index (χ0) is 20.7. The number of nitrogens with one attached hydrogen (secondary N) is 2. The number of amides is 1. The molecule has 1 amide bonds. The minimum Gasteiger partial charge on any atom is -0.492 e. The van der Waals surface area contributed by atoms with Gasteiger partial charge in [-0.1, -0.05) is 35.3 Å². The number of hydrogen-bond acceptors (Lipinski definition) is 6. The zero-order valence-electron chi connectivity index (χ0n) is 14.2. The molecule has 2 aromatic carbocycles. The second-order valence-electron chi connectivity index (χ2n) is 5.41. The molecule has 0 radical (unpaired) electrons. The third-order valence-electron chi connectivity index (χ3n) is 3.38. The van der Waals surface area contributed by atoms with Crippen LogP contribution in [0, 0.1) is 10.1 Å². The summed E-state index contributed by atoms with van der Waals surface area (Å²) in [6, 6.07) is 9.50. The first-order valence-electron chi connectivity index (χ1n) is 7.82. The molecule has 0 heterocycles. The Morgan fingerprint density at radius 2 is 1.89 bits per heavy atom. The van der Waals surface area contributed by atoms with Crippen LogP contribution in [-0.4, -0.2) is 25.9 Å². The van der Waals surface area contributed by atoms with Gasteiger partial charge < -0.3 is 4.74 Å². The summed E-state index contributed by atoms with van der Waals surface area (Å²) < 4.78 is 29.7. The molecule has 0 aliphatic heterocycles. The van der Waals surface area contributed by atoms with Crippen molar-refractivity contribution in [2.24, 2.45) is 0 Å². The lowest BCUT2D eigenvalue weighted by Crippen LogP contribution is -2.41. The highest BCUT2D eigenvalue weighted by Gasteiger charge is 2.25. The number of carbonyl (C=O) groups excluding carboxylic acids is 1. The number of halogens is 2. The highest BCUT2D eigenvalue weighted by Crippen LogP contribution is 2.27. The number of carbonyl (C=O) groups is 1. The molecule has 0 aliphatic rings. The van der Waals surface area contributed by atoms with Gasteiger partial charge in [-0.25, -0.2) is 8.42 Å². The van der Waals surface area contributed by atoms with Crippen LogP contribution >= 0.6 is 23.2 Å². The number of nitro groups is 1. The van der Waals surface area contributed by atoms with Gasteiger partial charge >= 0.3 is 0 Å². The van der Waals surface area contributed by atoms with Crippen molar-refractivity contribution in [2.45, 2.75) is 17.7 Å². The Morgan fingerprint density at radius 3 is 2.57 bits per heavy atom. The Kier molecular flexibility index (Phi) is 7.58. The Labute approximate surface area is 170 Å². The molecule has 0 bridgehead atoms. The molecule has 0 saturated heterocycles. The van der Waals surface area contributed by atoms with Crippen LogP contribution < -0.4 is 15.0 Å². The van der Waals surface area contributed by atoms with E-state index in [-0.39, 0.29) is 19.4 Å². The molecular formula is C16H15Cl2N3O6S. The van der Waals surface area contributed by atoms with Gasteiger partial charge in [-0.2, -0.15) is 0 Å². The van der Waals surface area contributed by atoms with Gasteiger partial charge in [0.1, 0.15) is 5.75 Å². The molecule has 150 valence electrons. The van der Waals surface area contributed by atoms with Crippen LogP contribution in [0.2, 0.25) is 10.0 Å². The molecular weight excluding hydrogens is 433 g/mol. The van der Waals surface area contributed by atoms with Gasteiger partial charge in [0.2, 0.25) is 5.91 Å². The van der Waals surface area contributed by atoms with E-state index < -0.39 is 31.4 Å². The van der Waals surface area contributed by atoms with Crippen molar-refractivity contribution in [3.63, 3.8) is 0 Å². The molecule has 2 rings (SSSR count). The quantitative estimate of drug-likeness (QED) is 0.345. The summed E-state index contributed by atoms with van der Waals surface area (Å²) in [7, 11) is -4.30. The van der Waals surface area contributed by atoms with E-state index in [4.69, 9.17) is 27.9 Å². The first-order chi connectivity index (χ1) is 13.2. The van der Waals surface area contributed by atoms with E-state index in [0.717, 1.165) is 12.1 Å². The second kappa shape index (κ2) is 9.69. The molecule has 28 heavy (non-hydrogen) atoms. The van der Waals surface area contributed by atoms with Crippen LogP contribution in [0.4, 0.5) is 5.69 Å². The van der Waals surface area contributed by atoms with Crippen LogP contribution in [0.15, 0.2) is 47.4 Å². The summed E-state index contributed by atoms with van der Waals surface area (Å²) in [6.45, 7) is 0.158. The van der Waals surface area contributed by atoms with E-state index in [1.54, 1.807) is 12.1 Å². The maximum atomic E-state index is 12.2. The fourth-order valence-electron chi connectivity index (χ4n) is 2.08. The van der Waals surface area contributed by atoms with Gasteiger partial charge in [-0.15, -0.1) is 4.83 Å². The molecule has 0 saturated carbocycles. The third kappa shape index (κ3) is 6.06. The fraction of sp³-hybridized carbons (Fsp3) is 0.188. The summed E-state index contributed by atoms with van der Waals surface area (Å²) in [5, 5.41) is 11.7. The van der Waals surface area contributed by atoms with E-state index in [9.17, 15) is 23.3 Å². The average molecular weight is 448 g/mol. The van der Waals surface area contributed by atoms with Gasteiger partial charge in [0.25, 0.3) is 15.7 Å². The lowest BCUT2D eigenvalue weighted by atomic mass is 10.3. The van der Waals surface area contributed by atoms with Gasteiger partial charge in [-0.05, 0) is 30.7 Å². The number of ether oxygens (including phenoxy) is 1. The first kappa shape index (κ1) is 21.9. The predicted molar refractivity (Wildman–Crippen MR) is 103 cm³/mol. The van der Waals surface area contributed by atoms with Crippen molar-refractivity contribution in [3.05, 3.63) is 62.6 Å². The van der Waals surface area contributed by atoms with Gasteiger partial charge in [0.05, 0.1) is 16.6 Å². The lowest BCUT2D eigenvalue weighted by molar-refractivity contribution is -0.387. The maximum Gasteiger partial charge on any atom is 0.289 e. The maximum absolute atomic E-state index is 12.2. The molecule has 0 spiro atoms. The van der Waals surface area contributed by atoms with Crippen LogP contribution in [0.3, 0.4) is 0 Å². The largest absolute Gasteiger partial charge is 0.492 e. The normalized spacial score (nSPS) is 11.1. The number of benzene rings is 2. The summed E-state index contributed by atoms with van der Waals surface area (Å²) in [4.78, 5) is 23.2. The number of nitrogens with zero attached hydrogens (tertiary/aromatic N) is 1. The lowest BCUT2D eigenvalue weighted by Gasteiger charge is -2.10. The van der Waals surface area contributed by atoms with E-state index in [1.165, 1.54) is 18.2 Å². The van der Waals surface area contributed by atoms with E-state index in [0.29, 0.717) is 15.8 Å². The van der Waals surface area contributed by atoms with E-state index >= 15 is 0 Å². The summed E-state index contributed by atoms with van der Waals surface area (Å²) in [5.74, 6) is -0.225. The number of sulfonamides is 1. The number of para-hydroxylation sites is 1. The van der Waals surface area contributed by atoms with Crippen LogP contribution in [0.1, 0.15) is 12.8 Å². The molecule has 9 nitrogen and oxygen atoms in total. The number of hydrazine groups is 1. The standard InChI is InChI=1S/C16H15Cl2N3O6S/c17-11-7-8-14(12(18)10-11)27-9-3-6-16(22)19-20-28(25,26)15-5-2-1-4-13(15)21(23)24/h1-2,4-5,7-8,10,20H,3,6,9H2,(H,19,22). The fourth-order valence-corrected chi connectivity index (χ4v) is 3.58. The monoisotopic (exact) mass is 447 g/mol. The zero-order valence-corrected chi connectivity index (χ0v) is 16.6. The van der Waals surface area contributed by atoms with Gasteiger partial charge in [0.15, 0.2) is 4.90 Å². The molecule has 0 aliphatic carbocycles. The Hall–Kier alpha value is -2.40. The van der Waals surface area contributed by atoms with Crippen molar-refractivity contribution in [3.8, 4) is 5.75 Å². The number of hydrogen-bond donors (Lipinski definition) is 2. The van der Waals surface area contributed by atoms with Crippen molar-refractivity contribution in [1.29, 1.82) is 0 Å². The minimum absolute atomic E-state index is 0.0510. The van der Waals surface area contributed by atoms with Crippen molar-refractivity contribution >= 4 is 44.8 Å². The van der Waals surface area contributed by atoms with E-state index in [2.05, 4.69) is 0 Å².